The molecular formula is C15H19F3N2O2. The van der Waals surface area contributed by atoms with Crippen LogP contribution < -0.4 is 10.1 Å². The summed E-state index contributed by atoms with van der Waals surface area (Å²) in [5.74, 6) is 0.222. The number of rotatable bonds is 6. The first kappa shape index (κ1) is 16.6. The lowest BCUT2D eigenvalue weighted by molar-refractivity contribution is -0.143. The molecule has 0 spiro atoms. The third kappa shape index (κ3) is 4.62. The van der Waals surface area contributed by atoms with Crippen LogP contribution in [0, 0.1) is 0 Å². The van der Waals surface area contributed by atoms with Crippen LogP contribution in [0.15, 0.2) is 24.3 Å². The fraction of sp³-hybridized carbons (Fsp3) is 0.533. The van der Waals surface area contributed by atoms with Crippen LogP contribution in [0.4, 0.5) is 13.2 Å². The average Bonchev–Trinajstić information content (AvgIpc) is 2.85. The molecular weight excluding hydrogens is 297 g/mol. The molecule has 0 bridgehead atoms. The van der Waals surface area contributed by atoms with Crippen molar-refractivity contribution in [2.24, 2.45) is 0 Å². The molecule has 122 valence electrons. The first-order valence-electron chi connectivity index (χ1n) is 7.11. The van der Waals surface area contributed by atoms with Gasteiger partial charge in [0.1, 0.15) is 18.3 Å². The number of halogens is 3. The highest BCUT2D eigenvalue weighted by Crippen LogP contribution is 2.33. The van der Waals surface area contributed by atoms with Gasteiger partial charge in [0.2, 0.25) is 5.91 Å². The predicted octanol–water partition coefficient (Wildman–Crippen LogP) is 2.16. The lowest BCUT2D eigenvalue weighted by Gasteiger charge is -2.18. The quantitative estimate of drug-likeness (QED) is 0.818. The zero-order valence-corrected chi connectivity index (χ0v) is 12.3. The molecule has 0 radical (unpaired) electrons. The predicted molar refractivity (Wildman–Crippen MR) is 75.9 cm³/mol. The highest BCUT2D eigenvalue weighted by molar-refractivity contribution is 5.85. The lowest BCUT2D eigenvalue weighted by Crippen LogP contribution is -2.35. The van der Waals surface area contributed by atoms with Gasteiger partial charge in [-0.05, 0) is 26.1 Å². The molecule has 1 amide bonds. The van der Waals surface area contributed by atoms with Crippen molar-refractivity contribution in [2.45, 2.75) is 18.5 Å². The van der Waals surface area contributed by atoms with Crippen molar-refractivity contribution in [3.63, 3.8) is 0 Å². The molecule has 1 aromatic rings. The standard InChI is InChI=1S/C15H19F3N2O2/c1-20(10-15(16,17)18)8-4-7-19-14(21)12-9-22-13-6-3-2-5-11(12)13/h2-3,5-6,12H,4,7-10H2,1H3,(H,19,21). The van der Waals surface area contributed by atoms with Crippen LogP contribution in [-0.4, -0.2) is 50.3 Å². The Morgan fingerprint density at radius 1 is 1.41 bits per heavy atom. The summed E-state index contributed by atoms with van der Waals surface area (Å²) in [5, 5.41) is 2.76. The smallest absolute Gasteiger partial charge is 0.401 e. The summed E-state index contributed by atoms with van der Waals surface area (Å²) in [6.45, 7) is -0.0127. The zero-order chi connectivity index (χ0) is 16.2. The molecule has 1 unspecified atom stereocenters. The van der Waals surface area contributed by atoms with Crippen LogP contribution >= 0.6 is 0 Å². The Hall–Kier alpha value is -1.76. The molecule has 4 nitrogen and oxygen atoms in total. The lowest BCUT2D eigenvalue weighted by atomic mass is 10.0. The van der Waals surface area contributed by atoms with E-state index in [1.807, 2.05) is 24.3 Å². The van der Waals surface area contributed by atoms with Crippen LogP contribution in [0.3, 0.4) is 0 Å². The van der Waals surface area contributed by atoms with Gasteiger partial charge in [-0.25, -0.2) is 0 Å². The van der Waals surface area contributed by atoms with Gasteiger partial charge < -0.3 is 10.1 Å². The number of hydrogen-bond acceptors (Lipinski definition) is 3. The fourth-order valence-electron chi connectivity index (χ4n) is 2.45. The Kier molecular flexibility index (Phi) is 5.28. The first-order chi connectivity index (χ1) is 10.4. The number of amides is 1. The van der Waals surface area contributed by atoms with Gasteiger partial charge in [0.25, 0.3) is 0 Å². The molecule has 2 rings (SSSR count). The van der Waals surface area contributed by atoms with Gasteiger partial charge in [0.15, 0.2) is 0 Å². The minimum atomic E-state index is -4.19. The van der Waals surface area contributed by atoms with Crippen LogP contribution in [0.25, 0.3) is 0 Å². The normalized spacial score (nSPS) is 17.2. The summed E-state index contributed by atoms with van der Waals surface area (Å²) in [7, 11) is 1.41. The maximum absolute atomic E-state index is 12.2. The number of nitrogens with one attached hydrogen (secondary N) is 1. The molecule has 1 aromatic carbocycles. The molecule has 1 aliphatic rings. The van der Waals surface area contributed by atoms with Crippen molar-refractivity contribution in [1.29, 1.82) is 0 Å². The summed E-state index contributed by atoms with van der Waals surface area (Å²) >= 11 is 0. The third-order valence-corrected chi connectivity index (χ3v) is 3.48. The van der Waals surface area contributed by atoms with Gasteiger partial charge in [-0.1, -0.05) is 18.2 Å². The summed E-state index contributed by atoms with van der Waals surface area (Å²) < 4.78 is 41.9. The molecule has 0 saturated heterocycles. The van der Waals surface area contributed by atoms with Gasteiger partial charge in [-0.15, -0.1) is 0 Å². The first-order valence-corrected chi connectivity index (χ1v) is 7.11. The van der Waals surface area contributed by atoms with Gasteiger partial charge in [-0.2, -0.15) is 13.2 Å². The second-order valence-electron chi connectivity index (χ2n) is 5.40. The number of benzene rings is 1. The van der Waals surface area contributed by atoms with E-state index < -0.39 is 12.7 Å². The topological polar surface area (TPSA) is 41.6 Å². The molecule has 7 heteroatoms. The van der Waals surface area contributed by atoms with Crippen LogP contribution in [-0.2, 0) is 4.79 Å². The number of carbonyl (C=O) groups excluding carboxylic acids is 1. The van der Waals surface area contributed by atoms with E-state index in [9.17, 15) is 18.0 Å². The van der Waals surface area contributed by atoms with E-state index in [4.69, 9.17) is 4.74 Å². The number of ether oxygens (including phenoxy) is 1. The largest absolute Gasteiger partial charge is 0.492 e. The molecule has 0 fully saturated rings. The van der Waals surface area contributed by atoms with Crippen LogP contribution in [0.5, 0.6) is 5.75 Å². The second kappa shape index (κ2) is 7.00. The van der Waals surface area contributed by atoms with E-state index >= 15 is 0 Å². The molecule has 0 aromatic heterocycles. The third-order valence-electron chi connectivity index (χ3n) is 3.48. The van der Waals surface area contributed by atoms with E-state index in [1.54, 1.807) is 0 Å². The number of carbonyl (C=O) groups is 1. The molecule has 1 heterocycles. The second-order valence-corrected chi connectivity index (χ2v) is 5.40. The Morgan fingerprint density at radius 3 is 2.86 bits per heavy atom. The van der Waals surface area contributed by atoms with Crippen molar-refractivity contribution in [2.75, 3.05) is 33.3 Å². The van der Waals surface area contributed by atoms with Gasteiger partial charge in [-0.3, -0.25) is 9.69 Å². The molecule has 0 aliphatic carbocycles. The Labute approximate surface area is 127 Å². The Morgan fingerprint density at radius 2 is 2.14 bits per heavy atom. The van der Waals surface area contributed by atoms with E-state index in [0.29, 0.717) is 25.3 Å². The Bertz CT molecular complexity index is 520. The minimum Gasteiger partial charge on any atom is -0.492 e. The number of fused-ring (bicyclic) bond motifs is 1. The van der Waals surface area contributed by atoms with Crippen molar-refractivity contribution < 1.29 is 22.7 Å². The SMILES string of the molecule is CN(CCCNC(=O)C1COc2ccccc21)CC(F)(F)F. The van der Waals surface area contributed by atoms with Crippen molar-refractivity contribution in [3.8, 4) is 5.75 Å². The highest BCUT2D eigenvalue weighted by Gasteiger charge is 2.30. The van der Waals surface area contributed by atoms with Gasteiger partial charge in [0, 0.05) is 12.1 Å². The highest BCUT2D eigenvalue weighted by atomic mass is 19.4. The number of nitrogens with zero attached hydrogens (tertiary/aromatic N) is 1. The molecule has 0 saturated carbocycles. The summed E-state index contributed by atoms with van der Waals surface area (Å²) in [6.07, 6.45) is -3.73. The summed E-state index contributed by atoms with van der Waals surface area (Å²) in [6, 6.07) is 7.36. The van der Waals surface area contributed by atoms with E-state index in [-0.39, 0.29) is 18.4 Å². The number of para-hydroxylation sites is 1. The fourth-order valence-corrected chi connectivity index (χ4v) is 2.45. The van der Waals surface area contributed by atoms with Crippen LogP contribution in [0.1, 0.15) is 17.9 Å². The van der Waals surface area contributed by atoms with E-state index in [2.05, 4.69) is 5.32 Å². The van der Waals surface area contributed by atoms with Crippen molar-refractivity contribution >= 4 is 5.91 Å². The summed E-state index contributed by atoms with van der Waals surface area (Å²) in [4.78, 5) is 13.3. The molecule has 1 N–H and O–H groups in total. The molecule has 1 aliphatic heterocycles. The summed E-state index contributed by atoms with van der Waals surface area (Å²) in [5.41, 5.74) is 0.856. The average molecular weight is 316 g/mol. The van der Waals surface area contributed by atoms with Gasteiger partial charge >= 0.3 is 6.18 Å². The maximum Gasteiger partial charge on any atom is 0.401 e. The monoisotopic (exact) mass is 316 g/mol. The van der Waals surface area contributed by atoms with Crippen LogP contribution in [0.2, 0.25) is 0 Å². The number of alkyl halides is 3. The van der Waals surface area contributed by atoms with Crippen molar-refractivity contribution in [1.82, 2.24) is 10.2 Å². The Balaban J connectivity index is 1.71. The number of hydrogen-bond donors (Lipinski definition) is 1. The molecule has 22 heavy (non-hydrogen) atoms. The maximum atomic E-state index is 12.2. The minimum absolute atomic E-state index is 0.150. The van der Waals surface area contributed by atoms with Gasteiger partial charge in [0.05, 0.1) is 6.54 Å². The zero-order valence-electron chi connectivity index (χ0n) is 12.3. The molecule has 1 atom stereocenters. The van der Waals surface area contributed by atoms with E-state index in [1.165, 1.54) is 11.9 Å². The van der Waals surface area contributed by atoms with E-state index in [0.717, 1.165) is 5.56 Å². The van der Waals surface area contributed by atoms with Crippen molar-refractivity contribution in [3.05, 3.63) is 29.8 Å².